The van der Waals surface area contributed by atoms with E-state index in [1.165, 1.54) is 31.2 Å². The summed E-state index contributed by atoms with van der Waals surface area (Å²) in [5.41, 5.74) is 1.37. The molecule has 1 rings (SSSR count). The Morgan fingerprint density at radius 2 is 1.76 bits per heavy atom. The summed E-state index contributed by atoms with van der Waals surface area (Å²) < 4.78 is 5.86. The van der Waals surface area contributed by atoms with Crippen LogP contribution in [0.15, 0.2) is 24.3 Å². The van der Waals surface area contributed by atoms with E-state index >= 15 is 0 Å². The van der Waals surface area contributed by atoms with Gasteiger partial charge in [0.1, 0.15) is 5.75 Å². The van der Waals surface area contributed by atoms with Gasteiger partial charge in [0, 0.05) is 0 Å². The molecule has 1 aromatic rings. The molecule has 0 radical (unpaired) electrons. The van der Waals surface area contributed by atoms with Crippen molar-refractivity contribution in [3.8, 4) is 5.75 Å². The van der Waals surface area contributed by atoms with Crippen molar-refractivity contribution in [2.75, 3.05) is 6.61 Å². The highest BCUT2D eigenvalue weighted by Gasteiger charge is 2.06. The second-order valence-corrected chi connectivity index (χ2v) is 4.73. The maximum atomic E-state index is 5.86. The third-order valence-corrected chi connectivity index (χ3v) is 3.36. The minimum atomic E-state index is 0.709. The molecule has 1 atom stereocenters. The zero-order valence-corrected chi connectivity index (χ0v) is 11.5. The van der Waals surface area contributed by atoms with Crippen LogP contribution in [-0.2, 0) is 6.42 Å². The average molecular weight is 234 g/mol. The number of aryl methyl sites for hydroxylation is 1. The van der Waals surface area contributed by atoms with Gasteiger partial charge in [0.25, 0.3) is 0 Å². The lowest BCUT2D eigenvalue weighted by molar-refractivity contribution is 0.233. The first-order valence-corrected chi connectivity index (χ1v) is 7.01. The van der Waals surface area contributed by atoms with Gasteiger partial charge in [-0.15, -0.1) is 0 Å². The molecule has 0 N–H and O–H groups in total. The van der Waals surface area contributed by atoms with Gasteiger partial charge >= 0.3 is 0 Å². The predicted molar refractivity (Wildman–Crippen MR) is 74.6 cm³/mol. The molecule has 0 saturated heterocycles. The van der Waals surface area contributed by atoms with Gasteiger partial charge in [-0.3, -0.25) is 0 Å². The van der Waals surface area contributed by atoms with Gasteiger partial charge in [-0.2, -0.15) is 0 Å². The zero-order chi connectivity index (χ0) is 12.5. The number of hydrogen-bond acceptors (Lipinski definition) is 1. The van der Waals surface area contributed by atoms with Crippen LogP contribution in [0.5, 0.6) is 5.75 Å². The van der Waals surface area contributed by atoms with E-state index in [0.717, 1.165) is 18.8 Å². The van der Waals surface area contributed by atoms with E-state index in [0.29, 0.717) is 5.92 Å². The van der Waals surface area contributed by atoms with Gasteiger partial charge in [0.2, 0.25) is 0 Å². The average Bonchev–Trinajstić information content (AvgIpc) is 2.39. The molecule has 17 heavy (non-hydrogen) atoms. The number of benzene rings is 1. The van der Waals surface area contributed by atoms with Crippen LogP contribution >= 0.6 is 0 Å². The third kappa shape index (κ3) is 5.25. The van der Waals surface area contributed by atoms with Crippen LogP contribution in [-0.4, -0.2) is 6.61 Å². The van der Waals surface area contributed by atoms with E-state index in [4.69, 9.17) is 4.74 Å². The number of unbranched alkanes of at least 4 members (excludes halogenated alkanes) is 1. The summed E-state index contributed by atoms with van der Waals surface area (Å²) in [5.74, 6) is 1.72. The van der Waals surface area contributed by atoms with Crippen LogP contribution in [0.4, 0.5) is 0 Å². The normalized spacial score (nSPS) is 12.4. The third-order valence-electron chi connectivity index (χ3n) is 3.36. The smallest absolute Gasteiger partial charge is 0.119 e. The van der Waals surface area contributed by atoms with Crippen molar-refractivity contribution >= 4 is 0 Å². The molecule has 1 heteroatoms. The van der Waals surface area contributed by atoms with Crippen molar-refractivity contribution in [1.29, 1.82) is 0 Å². The molecule has 0 aromatic heterocycles. The molecule has 0 amide bonds. The van der Waals surface area contributed by atoms with Crippen LogP contribution in [0.25, 0.3) is 0 Å². The highest BCUT2D eigenvalue weighted by atomic mass is 16.5. The SMILES string of the molecule is CCCCC(CC)COc1ccc(CC)cc1. The van der Waals surface area contributed by atoms with Gasteiger partial charge < -0.3 is 4.74 Å². The van der Waals surface area contributed by atoms with Crippen molar-refractivity contribution in [2.24, 2.45) is 5.92 Å². The van der Waals surface area contributed by atoms with Crippen molar-refractivity contribution in [1.82, 2.24) is 0 Å². The van der Waals surface area contributed by atoms with Crippen molar-refractivity contribution in [3.63, 3.8) is 0 Å². The highest BCUT2D eigenvalue weighted by Crippen LogP contribution is 2.17. The zero-order valence-electron chi connectivity index (χ0n) is 11.5. The van der Waals surface area contributed by atoms with Crippen LogP contribution in [0, 0.1) is 5.92 Å². The van der Waals surface area contributed by atoms with Crippen molar-refractivity contribution in [3.05, 3.63) is 29.8 Å². The Balaban J connectivity index is 2.36. The summed E-state index contributed by atoms with van der Waals surface area (Å²) >= 11 is 0. The van der Waals surface area contributed by atoms with E-state index in [1.807, 2.05) is 0 Å². The molecule has 0 aliphatic carbocycles. The largest absolute Gasteiger partial charge is 0.493 e. The molecule has 96 valence electrons. The lowest BCUT2D eigenvalue weighted by Crippen LogP contribution is -2.11. The Morgan fingerprint density at radius 1 is 1.06 bits per heavy atom. The van der Waals surface area contributed by atoms with Gasteiger partial charge in [-0.1, -0.05) is 52.2 Å². The highest BCUT2D eigenvalue weighted by molar-refractivity contribution is 5.27. The summed E-state index contributed by atoms with van der Waals surface area (Å²) in [6.07, 6.45) is 6.19. The summed E-state index contributed by atoms with van der Waals surface area (Å²) in [7, 11) is 0. The molecule has 0 saturated carbocycles. The van der Waals surface area contributed by atoms with E-state index in [2.05, 4.69) is 45.0 Å². The first kappa shape index (κ1) is 14.1. The number of hydrogen-bond donors (Lipinski definition) is 0. The van der Waals surface area contributed by atoms with Crippen LogP contribution in [0.2, 0.25) is 0 Å². The maximum Gasteiger partial charge on any atom is 0.119 e. The molecule has 1 aromatic carbocycles. The molecule has 0 bridgehead atoms. The van der Waals surface area contributed by atoms with Crippen LogP contribution in [0.3, 0.4) is 0 Å². The fourth-order valence-corrected chi connectivity index (χ4v) is 1.93. The van der Waals surface area contributed by atoms with E-state index in [9.17, 15) is 0 Å². The lowest BCUT2D eigenvalue weighted by Gasteiger charge is -2.15. The van der Waals surface area contributed by atoms with Crippen LogP contribution in [0.1, 0.15) is 52.0 Å². The fourth-order valence-electron chi connectivity index (χ4n) is 1.93. The van der Waals surface area contributed by atoms with Crippen molar-refractivity contribution in [2.45, 2.75) is 52.9 Å². The monoisotopic (exact) mass is 234 g/mol. The Kier molecular flexibility index (Phi) is 6.76. The summed E-state index contributed by atoms with van der Waals surface area (Å²) in [4.78, 5) is 0. The molecule has 1 nitrogen and oxygen atoms in total. The fraction of sp³-hybridized carbons (Fsp3) is 0.625. The quantitative estimate of drug-likeness (QED) is 0.625. The minimum Gasteiger partial charge on any atom is -0.493 e. The Bertz CT molecular complexity index is 289. The maximum absolute atomic E-state index is 5.86. The van der Waals surface area contributed by atoms with Gasteiger partial charge in [-0.05, 0) is 36.5 Å². The standard InChI is InChI=1S/C16H26O/c1-4-7-8-15(6-3)13-17-16-11-9-14(5-2)10-12-16/h9-12,15H,4-8,13H2,1-3H3. The van der Waals surface area contributed by atoms with E-state index < -0.39 is 0 Å². The van der Waals surface area contributed by atoms with Gasteiger partial charge in [0.15, 0.2) is 0 Å². The number of rotatable bonds is 8. The molecular weight excluding hydrogens is 208 g/mol. The summed E-state index contributed by atoms with van der Waals surface area (Å²) in [6, 6.07) is 8.49. The second-order valence-electron chi connectivity index (χ2n) is 4.73. The summed E-state index contributed by atoms with van der Waals surface area (Å²) in [6.45, 7) is 7.54. The van der Waals surface area contributed by atoms with Gasteiger partial charge in [0.05, 0.1) is 6.61 Å². The molecular formula is C16H26O. The predicted octanol–water partition coefficient (Wildman–Crippen LogP) is 4.84. The molecule has 0 fully saturated rings. The van der Waals surface area contributed by atoms with Crippen LogP contribution < -0.4 is 4.74 Å². The lowest BCUT2D eigenvalue weighted by atomic mass is 10.0. The van der Waals surface area contributed by atoms with E-state index in [1.54, 1.807) is 0 Å². The Hall–Kier alpha value is -0.980. The van der Waals surface area contributed by atoms with Crippen molar-refractivity contribution < 1.29 is 4.74 Å². The molecule has 1 unspecified atom stereocenters. The van der Waals surface area contributed by atoms with E-state index in [-0.39, 0.29) is 0 Å². The molecule has 0 aliphatic rings. The van der Waals surface area contributed by atoms with Gasteiger partial charge in [-0.25, -0.2) is 0 Å². The first-order valence-electron chi connectivity index (χ1n) is 7.01. The topological polar surface area (TPSA) is 9.23 Å². The molecule has 0 aliphatic heterocycles. The number of ether oxygens (including phenoxy) is 1. The molecule has 0 spiro atoms. The Labute approximate surface area is 106 Å². The first-order chi connectivity index (χ1) is 8.30. The minimum absolute atomic E-state index is 0.709. The Morgan fingerprint density at radius 3 is 2.29 bits per heavy atom. The second kappa shape index (κ2) is 8.16. The summed E-state index contributed by atoms with van der Waals surface area (Å²) in [5, 5.41) is 0. The molecule has 0 heterocycles.